The number of rotatable bonds is 4. The highest BCUT2D eigenvalue weighted by Gasteiger charge is 2.37. The Kier molecular flexibility index (Phi) is 5.34. The summed E-state index contributed by atoms with van der Waals surface area (Å²) in [6.07, 6.45) is 3.51. The molecule has 0 aliphatic carbocycles. The van der Waals surface area contributed by atoms with Gasteiger partial charge >= 0.3 is 6.03 Å². The molecule has 4 amide bonds. The van der Waals surface area contributed by atoms with Crippen LogP contribution in [0.5, 0.6) is 0 Å². The smallest absolute Gasteiger partial charge is 0.335 e. The van der Waals surface area contributed by atoms with Crippen LogP contribution in [0.15, 0.2) is 84.6 Å². The van der Waals surface area contributed by atoms with Gasteiger partial charge in [0.05, 0.1) is 5.69 Å². The predicted molar refractivity (Wildman–Crippen MR) is 132 cm³/mol. The van der Waals surface area contributed by atoms with Crippen molar-refractivity contribution < 1.29 is 14.4 Å². The van der Waals surface area contributed by atoms with E-state index in [1.165, 1.54) is 11.1 Å². The third-order valence-corrected chi connectivity index (χ3v) is 6.12. The van der Waals surface area contributed by atoms with E-state index in [4.69, 9.17) is 0 Å². The number of benzene rings is 3. The molecule has 0 atom stereocenters. The van der Waals surface area contributed by atoms with Gasteiger partial charge in [0.25, 0.3) is 11.8 Å². The molecule has 6 heteroatoms. The topological polar surface area (TPSA) is 71.4 Å². The van der Waals surface area contributed by atoms with Crippen LogP contribution in [0.1, 0.15) is 22.3 Å². The number of hydrogen-bond acceptors (Lipinski definition) is 3. The number of barbiturate groups is 1. The maximum Gasteiger partial charge on any atom is 0.335 e. The first-order chi connectivity index (χ1) is 16.4. The number of anilines is 1. The molecule has 1 aromatic heterocycles. The molecule has 34 heavy (non-hydrogen) atoms. The Morgan fingerprint density at radius 1 is 0.853 bits per heavy atom. The second kappa shape index (κ2) is 8.48. The molecular formula is C28H23N3O3. The van der Waals surface area contributed by atoms with Gasteiger partial charge in [0.15, 0.2) is 0 Å². The fourth-order valence-corrected chi connectivity index (χ4v) is 4.23. The lowest BCUT2D eigenvalue weighted by molar-refractivity contribution is -0.122. The molecular weight excluding hydrogens is 426 g/mol. The zero-order valence-corrected chi connectivity index (χ0v) is 18.9. The summed E-state index contributed by atoms with van der Waals surface area (Å²) < 4.78 is 2.11. The van der Waals surface area contributed by atoms with Crippen molar-refractivity contribution in [3.05, 3.63) is 107 Å². The summed E-state index contributed by atoms with van der Waals surface area (Å²) in [5, 5.41) is 3.22. The van der Waals surface area contributed by atoms with Crippen LogP contribution < -0.4 is 10.2 Å². The number of urea groups is 1. The Bertz CT molecular complexity index is 1480. The van der Waals surface area contributed by atoms with E-state index in [0.29, 0.717) is 12.2 Å². The number of aryl methyl sites for hydroxylation is 2. The maximum absolute atomic E-state index is 13.3. The molecule has 4 aromatic rings. The van der Waals surface area contributed by atoms with Crippen LogP contribution in [0.3, 0.4) is 0 Å². The first-order valence-electron chi connectivity index (χ1n) is 11.0. The van der Waals surface area contributed by atoms with Crippen LogP contribution in [0.25, 0.3) is 17.0 Å². The minimum absolute atomic E-state index is 0.0843. The van der Waals surface area contributed by atoms with Crippen LogP contribution in [0, 0.1) is 13.8 Å². The van der Waals surface area contributed by atoms with E-state index in [2.05, 4.69) is 28.9 Å². The molecule has 1 saturated heterocycles. The molecule has 0 unspecified atom stereocenters. The van der Waals surface area contributed by atoms with Gasteiger partial charge in [-0.05, 0) is 49.2 Å². The zero-order chi connectivity index (χ0) is 23.8. The van der Waals surface area contributed by atoms with Gasteiger partial charge in [-0.15, -0.1) is 0 Å². The van der Waals surface area contributed by atoms with Gasteiger partial charge in [-0.3, -0.25) is 14.9 Å². The van der Waals surface area contributed by atoms with E-state index in [9.17, 15) is 14.4 Å². The van der Waals surface area contributed by atoms with E-state index in [0.717, 1.165) is 26.9 Å². The number of para-hydroxylation sites is 1. The molecule has 0 radical (unpaired) electrons. The van der Waals surface area contributed by atoms with E-state index in [1.54, 1.807) is 18.2 Å². The van der Waals surface area contributed by atoms with Crippen molar-refractivity contribution in [2.45, 2.75) is 20.4 Å². The van der Waals surface area contributed by atoms with E-state index in [-0.39, 0.29) is 5.57 Å². The number of amides is 4. The highest BCUT2D eigenvalue weighted by atomic mass is 16.2. The molecule has 1 aliphatic rings. The third-order valence-electron chi connectivity index (χ3n) is 6.12. The number of nitrogens with one attached hydrogen (secondary N) is 1. The molecule has 1 aliphatic heterocycles. The highest BCUT2D eigenvalue weighted by molar-refractivity contribution is 6.39. The average molecular weight is 450 g/mol. The predicted octanol–water partition coefficient (Wildman–Crippen LogP) is 4.97. The normalized spacial score (nSPS) is 15.3. The first kappa shape index (κ1) is 21.4. The molecule has 2 heterocycles. The molecule has 1 fully saturated rings. The van der Waals surface area contributed by atoms with Crippen molar-refractivity contribution >= 4 is 40.5 Å². The Morgan fingerprint density at radius 2 is 1.56 bits per heavy atom. The molecule has 3 aromatic carbocycles. The number of nitrogens with zero attached hydrogens (tertiary/aromatic N) is 2. The summed E-state index contributed by atoms with van der Waals surface area (Å²) in [5.74, 6) is -1.34. The summed E-state index contributed by atoms with van der Waals surface area (Å²) >= 11 is 0. The number of aromatic nitrogens is 1. The highest BCUT2D eigenvalue weighted by Crippen LogP contribution is 2.27. The fourth-order valence-electron chi connectivity index (χ4n) is 4.23. The Hall–Kier alpha value is -4.45. The fraction of sp³-hybridized carbons (Fsp3) is 0.107. The number of hydrogen-bond donors (Lipinski definition) is 1. The van der Waals surface area contributed by atoms with Gasteiger partial charge in [0.1, 0.15) is 5.57 Å². The van der Waals surface area contributed by atoms with Gasteiger partial charge in [0.2, 0.25) is 0 Å². The van der Waals surface area contributed by atoms with Crippen LogP contribution in [0.2, 0.25) is 0 Å². The first-order valence-corrected chi connectivity index (χ1v) is 11.0. The lowest BCUT2D eigenvalue weighted by Crippen LogP contribution is -2.54. The Labute approximate surface area is 197 Å². The summed E-state index contributed by atoms with van der Waals surface area (Å²) in [7, 11) is 0. The summed E-state index contributed by atoms with van der Waals surface area (Å²) in [6.45, 7) is 4.65. The van der Waals surface area contributed by atoms with Crippen molar-refractivity contribution in [1.82, 2.24) is 9.88 Å². The third kappa shape index (κ3) is 3.79. The monoisotopic (exact) mass is 449 g/mol. The number of fused-ring (bicyclic) bond motifs is 1. The lowest BCUT2D eigenvalue weighted by atomic mass is 10.1. The lowest BCUT2D eigenvalue weighted by Gasteiger charge is -2.26. The van der Waals surface area contributed by atoms with E-state index >= 15 is 0 Å². The zero-order valence-electron chi connectivity index (χ0n) is 18.9. The number of imide groups is 2. The van der Waals surface area contributed by atoms with Crippen molar-refractivity contribution in [3.63, 3.8) is 0 Å². The van der Waals surface area contributed by atoms with Crippen molar-refractivity contribution in [3.8, 4) is 0 Å². The molecule has 0 saturated carbocycles. The standard InChI is InChI=1S/C28H23N3O3/c1-18-11-13-22(14-12-18)31-27(33)24(26(32)29-28(31)34)15-21-17-30(25-10-6-5-9-23(21)25)16-20-8-4-3-7-19(20)2/h3-15,17H,16H2,1-2H3,(H,29,32,34). The van der Waals surface area contributed by atoms with Crippen LogP contribution in [-0.4, -0.2) is 22.4 Å². The number of carbonyl (C=O) groups excluding carboxylic acids is 3. The van der Waals surface area contributed by atoms with Gasteiger partial charge in [-0.25, -0.2) is 9.69 Å². The summed E-state index contributed by atoms with van der Waals surface area (Å²) in [6, 6.07) is 22.3. The molecule has 168 valence electrons. The van der Waals surface area contributed by atoms with Crippen molar-refractivity contribution in [2.75, 3.05) is 4.90 Å². The van der Waals surface area contributed by atoms with E-state index in [1.807, 2.05) is 61.7 Å². The van der Waals surface area contributed by atoms with Crippen LogP contribution >= 0.6 is 0 Å². The minimum atomic E-state index is -0.752. The average Bonchev–Trinajstić information content (AvgIpc) is 3.16. The van der Waals surface area contributed by atoms with Gasteiger partial charge in [-0.2, -0.15) is 0 Å². The van der Waals surface area contributed by atoms with Crippen molar-refractivity contribution in [2.24, 2.45) is 0 Å². The molecule has 0 spiro atoms. The second-order valence-corrected chi connectivity index (χ2v) is 8.45. The molecule has 0 bridgehead atoms. The van der Waals surface area contributed by atoms with E-state index < -0.39 is 17.8 Å². The Balaban J connectivity index is 1.57. The van der Waals surface area contributed by atoms with Crippen LogP contribution in [0.4, 0.5) is 10.5 Å². The van der Waals surface area contributed by atoms with Crippen LogP contribution in [-0.2, 0) is 16.1 Å². The second-order valence-electron chi connectivity index (χ2n) is 8.45. The van der Waals surface area contributed by atoms with Gasteiger partial charge in [0, 0.05) is 29.2 Å². The SMILES string of the molecule is Cc1ccc(N2C(=O)NC(=O)C(=Cc3cn(Cc4ccccc4C)c4ccccc34)C2=O)cc1. The quantitative estimate of drug-likeness (QED) is 0.353. The minimum Gasteiger partial charge on any atom is -0.342 e. The molecule has 1 N–H and O–H groups in total. The molecule has 5 rings (SSSR count). The molecule has 6 nitrogen and oxygen atoms in total. The van der Waals surface area contributed by atoms with Crippen molar-refractivity contribution in [1.29, 1.82) is 0 Å². The van der Waals surface area contributed by atoms with Gasteiger partial charge in [-0.1, -0.05) is 60.2 Å². The summed E-state index contributed by atoms with van der Waals surface area (Å²) in [4.78, 5) is 39.4. The van der Waals surface area contributed by atoms with Gasteiger partial charge < -0.3 is 4.57 Å². The number of carbonyl (C=O) groups is 3. The Morgan fingerprint density at radius 3 is 2.32 bits per heavy atom. The maximum atomic E-state index is 13.3. The summed E-state index contributed by atoms with van der Waals surface area (Å²) in [5.41, 5.74) is 5.43. The largest absolute Gasteiger partial charge is 0.342 e.